The summed E-state index contributed by atoms with van der Waals surface area (Å²) in [4.78, 5) is 0. The molecule has 0 aromatic carbocycles. The molecule has 2 saturated carbocycles. The summed E-state index contributed by atoms with van der Waals surface area (Å²) in [6.45, 7) is 0.813. The van der Waals surface area contributed by atoms with Gasteiger partial charge < -0.3 is 9.47 Å². The second-order valence-corrected chi connectivity index (χ2v) is 10.4. The summed E-state index contributed by atoms with van der Waals surface area (Å²) in [6.07, 6.45) is -7.05. The molecule has 0 saturated heterocycles. The smallest absolute Gasteiger partial charge is 0.384 e. The predicted molar refractivity (Wildman–Crippen MR) is 115 cm³/mol. The second kappa shape index (κ2) is 11.5. The van der Waals surface area contributed by atoms with Crippen LogP contribution in [0.15, 0.2) is 24.1 Å². The molecule has 0 bridgehead atoms. The number of rotatable bonds is 9. The predicted octanol–water partition coefficient (Wildman–Crippen LogP) is 8.04. The zero-order chi connectivity index (χ0) is 25.9. The highest BCUT2D eigenvalue weighted by Gasteiger charge is 2.59. The second-order valence-electron chi connectivity index (χ2n) is 10.4. The quantitative estimate of drug-likeness (QED) is 0.227. The van der Waals surface area contributed by atoms with Crippen LogP contribution in [0.4, 0.5) is 35.1 Å². The molecule has 0 aliphatic heterocycles. The van der Waals surface area contributed by atoms with Gasteiger partial charge in [-0.2, -0.15) is 22.0 Å². The van der Waals surface area contributed by atoms with E-state index in [2.05, 4.69) is 4.74 Å². The van der Waals surface area contributed by atoms with Gasteiger partial charge in [0.25, 0.3) is 6.17 Å². The lowest BCUT2D eigenvalue weighted by molar-refractivity contribution is -0.341. The van der Waals surface area contributed by atoms with Gasteiger partial charge in [0.15, 0.2) is 0 Å². The van der Waals surface area contributed by atoms with E-state index < -0.39 is 36.1 Å². The summed E-state index contributed by atoms with van der Waals surface area (Å²) in [5, 5.41) is 0. The van der Waals surface area contributed by atoms with Crippen LogP contribution >= 0.6 is 0 Å². The van der Waals surface area contributed by atoms with Gasteiger partial charge >= 0.3 is 12.3 Å². The highest BCUT2D eigenvalue weighted by molar-refractivity contribution is 5.27. The van der Waals surface area contributed by atoms with E-state index in [-0.39, 0.29) is 12.3 Å². The molecule has 0 aromatic heterocycles. The Labute approximate surface area is 201 Å². The van der Waals surface area contributed by atoms with Gasteiger partial charge in [-0.25, -0.2) is 13.2 Å². The zero-order valence-corrected chi connectivity index (χ0v) is 19.8. The Morgan fingerprint density at radius 2 is 1.49 bits per heavy atom. The lowest BCUT2D eigenvalue weighted by Gasteiger charge is -2.38. The maximum absolute atomic E-state index is 15.1. The number of hydrogen-bond donors (Lipinski definition) is 0. The van der Waals surface area contributed by atoms with Crippen LogP contribution < -0.4 is 0 Å². The van der Waals surface area contributed by atoms with E-state index in [1.165, 1.54) is 25.7 Å². The molecule has 0 N–H and O–H groups in total. The van der Waals surface area contributed by atoms with Gasteiger partial charge in [-0.1, -0.05) is 12.8 Å². The van der Waals surface area contributed by atoms with Crippen molar-refractivity contribution in [2.24, 2.45) is 23.7 Å². The molecule has 0 radical (unpaired) electrons. The summed E-state index contributed by atoms with van der Waals surface area (Å²) in [5.74, 6) is 0.787. The van der Waals surface area contributed by atoms with Crippen molar-refractivity contribution in [1.82, 2.24) is 0 Å². The van der Waals surface area contributed by atoms with Crippen LogP contribution in [0.3, 0.4) is 0 Å². The van der Waals surface area contributed by atoms with Crippen LogP contribution in [0.5, 0.6) is 0 Å². The van der Waals surface area contributed by atoms with Gasteiger partial charge in [0.2, 0.25) is 0 Å². The van der Waals surface area contributed by atoms with E-state index in [1.807, 2.05) is 0 Å². The molecule has 0 heterocycles. The number of allylic oxidation sites excluding steroid dienone is 2. The first-order valence-electron chi connectivity index (χ1n) is 12.3. The fraction of sp³-hybridized carbons (Fsp3) is 0.840. The molecular formula is C25H34F8O2. The van der Waals surface area contributed by atoms with Crippen molar-refractivity contribution in [2.75, 3.05) is 13.7 Å². The van der Waals surface area contributed by atoms with E-state index in [0.29, 0.717) is 36.3 Å². The Hall–Kier alpha value is -1.16. The first-order valence-corrected chi connectivity index (χ1v) is 12.3. The average molecular weight is 519 g/mol. The van der Waals surface area contributed by atoms with Crippen molar-refractivity contribution >= 4 is 0 Å². The molecule has 0 spiro atoms. The van der Waals surface area contributed by atoms with Crippen molar-refractivity contribution in [2.45, 2.75) is 94.4 Å². The average Bonchev–Trinajstić information content (AvgIpc) is 2.80. The van der Waals surface area contributed by atoms with Crippen LogP contribution in [0.25, 0.3) is 0 Å². The van der Waals surface area contributed by atoms with Crippen LogP contribution in [0.1, 0.15) is 64.2 Å². The number of halogens is 8. The van der Waals surface area contributed by atoms with Gasteiger partial charge in [0.1, 0.15) is 17.6 Å². The minimum absolute atomic E-state index is 0.0776. The summed E-state index contributed by atoms with van der Waals surface area (Å²) in [5.41, 5.74) is -2.26. The zero-order valence-electron chi connectivity index (χ0n) is 19.8. The third-order valence-electron chi connectivity index (χ3n) is 7.85. The highest BCUT2D eigenvalue weighted by Crippen LogP contribution is 2.44. The number of methoxy groups -OCH3 is 1. The first-order chi connectivity index (χ1) is 16.3. The Morgan fingerprint density at radius 3 is 1.97 bits per heavy atom. The molecule has 3 aliphatic rings. The van der Waals surface area contributed by atoms with E-state index in [4.69, 9.17) is 4.74 Å². The molecular weight excluding hydrogens is 484 g/mol. The van der Waals surface area contributed by atoms with Crippen molar-refractivity contribution < 1.29 is 44.6 Å². The first kappa shape index (κ1) is 28.4. The number of alkyl halides is 7. The van der Waals surface area contributed by atoms with Crippen molar-refractivity contribution in [3.05, 3.63) is 24.1 Å². The Kier molecular flexibility index (Phi) is 9.32. The molecule has 2 nitrogen and oxygen atoms in total. The SMILES string of the molecule is COCC1CCC(C2CCC(CCC3(F)C=CC(OC(F)(F)C(F)C(F)(F)F)C(F)=C3)CC2)CC1. The summed E-state index contributed by atoms with van der Waals surface area (Å²) >= 11 is 0. The molecule has 3 atom stereocenters. The van der Waals surface area contributed by atoms with Gasteiger partial charge in [0, 0.05) is 13.7 Å². The molecule has 0 aromatic rings. The van der Waals surface area contributed by atoms with Gasteiger partial charge in [-0.3, -0.25) is 0 Å². The Morgan fingerprint density at radius 1 is 0.943 bits per heavy atom. The van der Waals surface area contributed by atoms with Gasteiger partial charge in [-0.15, -0.1) is 0 Å². The van der Waals surface area contributed by atoms with Crippen LogP contribution in [-0.4, -0.2) is 43.9 Å². The Bertz CT molecular complexity index is 736. The highest BCUT2D eigenvalue weighted by atomic mass is 19.4. The van der Waals surface area contributed by atoms with E-state index in [1.54, 1.807) is 7.11 Å². The lowest BCUT2D eigenvalue weighted by Crippen LogP contribution is -2.46. The van der Waals surface area contributed by atoms with E-state index >= 15 is 4.39 Å². The molecule has 2 fully saturated rings. The minimum atomic E-state index is -5.88. The summed E-state index contributed by atoms with van der Waals surface area (Å²) < 4.78 is 115. The molecule has 0 amide bonds. The lowest BCUT2D eigenvalue weighted by atomic mass is 9.68. The molecule has 35 heavy (non-hydrogen) atoms. The standard InChI is InChI=1S/C25H34F8O2/c1-34-15-17-4-8-19(9-5-17)18-6-2-16(3-7-18)10-12-23(28)13-11-21(20(26)14-23)35-25(32,33)22(27)24(29,30)31/h11,13-14,16-19,21-22H,2-10,12,15H2,1H3. The molecule has 3 aliphatic carbocycles. The van der Waals surface area contributed by atoms with Crippen LogP contribution in [0, 0.1) is 23.7 Å². The Balaban J connectivity index is 1.44. The third kappa shape index (κ3) is 7.66. The molecule has 10 heteroatoms. The molecule has 3 rings (SSSR count). The largest absolute Gasteiger partial charge is 0.428 e. The summed E-state index contributed by atoms with van der Waals surface area (Å²) in [6, 6.07) is 0. The monoisotopic (exact) mass is 518 g/mol. The normalized spacial score (nSPS) is 35.6. The fourth-order valence-corrected chi connectivity index (χ4v) is 5.81. The maximum atomic E-state index is 15.1. The van der Waals surface area contributed by atoms with Crippen molar-refractivity contribution in [3.63, 3.8) is 0 Å². The van der Waals surface area contributed by atoms with Crippen LogP contribution in [0.2, 0.25) is 0 Å². The number of ether oxygens (including phenoxy) is 2. The van der Waals surface area contributed by atoms with Crippen molar-refractivity contribution in [3.8, 4) is 0 Å². The summed E-state index contributed by atoms with van der Waals surface area (Å²) in [7, 11) is 1.73. The minimum Gasteiger partial charge on any atom is -0.384 e. The fourth-order valence-electron chi connectivity index (χ4n) is 5.81. The van der Waals surface area contributed by atoms with Crippen molar-refractivity contribution in [1.29, 1.82) is 0 Å². The van der Waals surface area contributed by atoms with Gasteiger partial charge in [0.05, 0.1) is 0 Å². The third-order valence-corrected chi connectivity index (χ3v) is 7.85. The van der Waals surface area contributed by atoms with E-state index in [0.717, 1.165) is 38.4 Å². The van der Waals surface area contributed by atoms with Gasteiger partial charge in [-0.05, 0) is 93.3 Å². The molecule has 3 unspecified atom stereocenters. The number of hydrogen-bond acceptors (Lipinski definition) is 2. The van der Waals surface area contributed by atoms with Crippen LogP contribution in [-0.2, 0) is 9.47 Å². The molecule has 202 valence electrons. The maximum Gasteiger partial charge on any atom is 0.428 e. The topological polar surface area (TPSA) is 18.5 Å². The van der Waals surface area contributed by atoms with E-state index in [9.17, 15) is 30.7 Å².